The second kappa shape index (κ2) is 7.22. The van der Waals surface area contributed by atoms with Gasteiger partial charge in [-0.25, -0.2) is 0 Å². The zero-order chi connectivity index (χ0) is 14.5. The van der Waals surface area contributed by atoms with E-state index in [4.69, 9.17) is 0 Å². The van der Waals surface area contributed by atoms with Crippen molar-refractivity contribution < 1.29 is 9.90 Å². The van der Waals surface area contributed by atoms with Crippen LogP contribution in [-0.4, -0.2) is 72.2 Å². The maximum absolute atomic E-state index is 11.3. The van der Waals surface area contributed by atoms with Crippen LogP contribution in [-0.2, 0) is 4.79 Å². The molecule has 0 aromatic heterocycles. The Kier molecular flexibility index (Phi) is 6.23. The van der Waals surface area contributed by atoms with Crippen molar-refractivity contribution in [2.45, 2.75) is 45.2 Å². The summed E-state index contributed by atoms with van der Waals surface area (Å²) in [6.07, 6.45) is 1.60. The Morgan fingerprint density at radius 1 is 1.47 bits per heavy atom. The van der Waals surface area contributed by atoms with Gasteiger partial charge in [0.05, 0.1) is 0 Å². The normalized spacial score (nSPS) is 25.2. The van der Waals surface area contributed by atoms with Gasteiger partial charge in [-0.15, -0.1) is 0 Å². The van der Waals surface area contributed by atoms with Crippen molar-refractivity contribution in [3.63, 3.8) is 0 Å². The molecule has 1 heterocycles. The largest absolute Gasteiger partial charge is 0.480 e. The van der Waals surface area contributed by atoms with Crippen molar-refractivity contribution in [2.24, 2.45) is 0 Å². The number of likely N-dealkylation sites (N-methyl/N-ethyl adjacent to an activating group) is 2. The van der Waals surface area contributed by atoms with Crippen molar-refractivity contribution in [3.8, 4) is 0 Å². The number of carboxylic acid groups (broad SMARTS) is 1. The van der Waals surface area contributed by atoms with Crippen LogP contribution in [0.2, 0.25) is 0 Å². The summed E-state index contributed by atoms with van der Waals surface area (Å²) >= 11 is 0. The van der Waals surface area contributed by atoms with E-state index in [1.807, 2.05) is 6.92 Å². The van der Waals surface area contributed by atoms with E-state index in [1.165, 1.54) is 0 Å². The van der Waals surface area contributed by atoms with Gasteiger partial charge in [-0.05, 0) is 46.8 Å². The van der Waals surface area contributed by atoms with E-state index in [0.29, 0.717) is 19.0 Å². The molecular weight excluding hydrogens is 242 g/mol. The summed E-state index contributed by atoms with van der Waals surface area (Å²) in [6, 6.07) is 0.564. The monoisotopic (exact) mass is 271 g/mol. The molecule has 1 fully saturated rings. The number of piperazine rings is 1. The van der Waals surface area contributed by atoms with Gasteiger partial charge in [0.1, 0.15) is 5.54 Å². The summed E-state index contributed by atoms with van der Waals surface area (Å²) in [5.74, 6) is -0.749. The maximum Gasteiger partial charge on any atom is 0.323 e. The quantitative estimate of drug-likeness (QED) is 0.719. The van der Waals surface area contributed by atoms with E-state index >= 15 is 0 Å². The minimum absolute atomic E-state index is 0.564. The summed E-state index contributed by atoms with van der Waals surface area (Å²) in [5.41, 5.74) is -0.787. The topological polar surface area (TPSA) is 55.8 Å². The molecule has 0 aliphatic carbocycles. The van der Waals surface area contributed by atoms with Crippen LogP contribution in [0.3, 0.4) is 0 Å². The SMILES string of the molecule is CCNC(C)(CCCN1CCN(C)CC1C)C(=O)O. The van der Waals surface area contributed by atoms with Gasteiger partial charge < -0.3 is 15.3 Å². The third kappa shape index (κ3) is 4.75. The lowest BCUT2D eigenvalue weighted by Crippen LogP contribution is -2.52. The number of hydrogen-bond donors (Lipinski definition) is 2. The number of rotatable bonds is 7. The molecule has 1 saturated heterocycles. The molecule has 2 atom stereocenters. The molecule has 1 rings (SSSR count). The Hall–Kier alpha value is -0.650. The number of nitrogens with zero attached hydrogens (tertiary/aromatic N) is 2. The molecule has 19 heavy (non-hydrogen) atoms. The van der Waals surface area contributed by atoms with Gasteiger partial charge in [0, 0.05) is 25.7 Å². The first-order valence-corrected chi connectivity index (χ1v) is 7.30. The summed E-state index contributed by atoms with van der Waals surface area (Å²) in [6.45, 7) is 10.9. The first-order chi connectivity index (χ1) is 8.89. The third-order valence-electron chi connectivity index (χ3n) is 4.13. The minimum Gasteiger partial charge on any atom is -0.480 e. The average molecular weight is 271 g/mol. The summed E-state index contributed by atoms with van der Waals surface area (Å²) in [4.78, 5) is 16.1. The molecule has 112 valence electrons. The van der Waals surface area contributed by atoms with Gasteiger partial charge in [0.15, 0.2) is 0 Å². The number of hydrogen-bond acceptors (Lipinski definition) is 4. The molecular formula is C14H29N3O2. The van der Waals surface area contributed by atoms with Crippen LogP contribution in [0.15, 0.2) is 0 Å². The molecule has 1 aliphatic heterocycles. The van der Waals surface area contributed by atoms with E-state index in [0.717, 1.165) is 32.6 Å². The van der Waals surface area contributed by atoms with Crippen molar-refractivity contribution in [1.82, 2.24) is 15.1 Å². The Morgan fingerprint density at radius 2 is 2.16 bits per heavy atom. The van der Waals surface area contributed by atoms with Crippen LogP contribution in [0, 0.1) is 0 Å². The van der Waals surface area contributed by atoms with Crippen LogP contribution in [0.25, 0.3) is 0 Å². The van der Waals surface area contributed by atoms with E-state index in [2.05, 4.69) is 29.1 Å². The van der Waals surface area contributed by atoms with Crippen molar-refractivity contribution >= 4 is 5.97 Å². The lowest BCUT2D eigenvalue weighted by Gasteiger charge is -2.38. The molecule has 5 nitrogen and oxygen atoms in total. The van der Waals surface area contributed by atoms with Crippen LogP contribution in [0.1, 0.15) is 33.6 Å². The molecule has 0 bridgehead atoms. The number of carboxylic acids is 1. The zero-order valence-electron chi connectivity index (χ0n) is 12.8. The van der Waals surface area contributed by atoms with Crippen LogP contribution in [0.5, 0.6) is 0 Å². The predicted molar refractivity (Wildman–Crippen MR) is 77.5 cm³/mol. The standard InChI is InChI=1S/C14H29N3O2/c1-5-15-14(3,13(18)19)7-6-8-17-10-9-16(4)11-12(17)2/h12,15H,5-11H2,1-4H3,(H,18,19). The molecule has 0 amide bonds. The molecule has 1 aliphatic rings. The van der Waals surface area contributed by atoms with Gasteiger partial charge in [0.2, 0.25) is 0 Å². The Labute approximate surface area is 117 Å². The minimum atomic E-state index is -0.787. The number of nitrogens with one attached hydrogen (secondary N) is 1. The predicted octanol–water partition coefficient (Wildman–Crippen LogP) is 0.855. The molecule has 5 heteroatoms. The van der Waals surface area contributed by atoms with Gasteiger partial charge in [0.25, 0.3) is 0 Å². The summed E-state index contributed by atoms with van der Waals surface area (Å²) in [5, 5.41) is 12.4. The molecule has 0 spiro atoms. The first-order valence-electron chi connectivity index (χ1n) is 7.30. The fourth-order valence-corrected chi connectivity index (χ4v) is 2.81. The highest BCUT2D eigenvalue weighted by molar-refractivity contribution is 5.78. The number of aliphatic carboxylic acids is 1. The van der Waals surface area contributed by atoms with Gasteiger partial charge >= 0.3 is 5.97 Å². The van der Waals surface area contributed by atoms with Crippen molar-refractivity contribution in [3.05, 3.63) is 0 Å². The van der Waals surface area contributed by atoms with Crippen molar-refractivity contribution in [2.75, 3.05) is 39.8 Å². The molecule has 2 unspecified atom stereocenters. The van der Waals surface area contributed by atoms with Crippen LogP contribution < -0.4 is 5.32 Å². The Bertz CT molecular complexity index is 298. The second-order valence-corrected chi connectivity index (χ2v) is 5.92. The number of carbonyl (C=O) groups is 1. The fourth-order valence-electron chi connectivity index (χ4n) is 2.81. The maximum atomic E-state index is 11.3. The van der Waals surface area contributed by atoms with Crippen molar-refractivity contribution in [1.29, 1.82) is 0 Å². The lowest BCUT2D eigenvalue weighted by atomic mass is 9.95. The van der Waals surface area contributed by atoms with Crippen LogP contribution >= 0.6 is 0 Å². The van der Waals surface area contributed by atoms with E-state index in [1.54, 1.807) is 6.92 Å². The summed E-state index contributed by atoms with van der Waals surface area (Å²) in [7, 11) is 2.15. The van der Waals surface area contributed by atoms with Gasteiger partial charge in [-0.1, -0.05) is 6.92 Å². The van der Waals surface area contributed by atoms with Gasteiger partial charge in [-0.3, -0.25) is 9.69 Å². The highest BCUT2D eigenvalue weighted by Crippen LogP contribution is 2.15. The lowest BCUT2D eigenvalue weighted by molar-refractivity contribution is -0.144. The molecule has 0 saturated carbocycles. The zero-order valence-corrected chi connectivity index (χ0v) is 12.8. The smallest absolute Gasteiger partial charge is 0.323 e. The second-order valence-electron chi connectivity index (χ2n) is 5.92. The highest BCUT2D eigenvalue weighted by atomic mass is 16.4. The fraction of sp³-hybridized carbons (Fsp3) is 0.929. The van der Waals surface area contributed by atoms with E-state index in [9.17, 15) is 9.90 Å². The molecule has 2 N–H and O–H groups in total. The van der Waals surface area contributed by atoms with E-state index in [-0.39, 0.29) is 0 Å². The average Bonchev–Trinajstić information content (AvgIpc) is 2.32. The van der Waals surface area contributed by atoms with E-state index < -0.39 is 11.5 Å². The molecule has 0 radical (unpaired) electrons. The summed E-state index contributed by atoms with van der Waals surface area (Å²) < 4.78 is 0. The Morgan fingerprint density at radius 3 is 2.68 bits per heavy atom. The van der Waals surface area contributed by atoms with Gasteiger partial charge in [-0.2, -0.15) is 0 Å². The highest BCUT2D eigenvalue weighted by Gasteiger charge is 2.31. The molecule has 0 aromatic carbocycles. The first kappa shape index (κ1) is 16.4. The molecule has 0 aromatic rings. The Balaban J connectivity index is 2.38. The third-order valence-corrected chi connectivity index (χ3v) is 4.13. The van der Waals surface area contributed by atoms with Crippen LogP contribution in [0.4, 0.5) is 0 Å².